The summed E-state index contributed by atoms with van der Waals surface area (Å²) in [7, 11) is -3.12. The van der Waals surface area contributed by atoms with E-state index in [2.05, 4.69) is 15.6 Å². The SMILES string of the molecule is Cc1nn(-c2ccccc2Cl)c(Cl)c1/C=N\NC(=O)[C@@H]1CCS(=O)(=O)C1. The molecule has 0 bridgehead atoms. The van der Waals surface area contributed by atoms with Crippen molar-refractivity contribution >= 4 is 45.2 Å². The summed E-state index contributed by atoms with van der Waals surface area (Å²) in [5, 5.41) is 9.05. The second kappa shape index (κ2) is 7.38. The van der Waals surface area contributed by atoms with Crippen LogP contribution in [0, 0.1) is 12.8 Å². The molecule has 1 aromatic heterocycles. The number of sulfone groups is 1. The van der Waals surface area contributed by atoms with Gasteiger partial charge in [0, 0.05) is 0 Å². The van der Waals surface area contributed by atoms with Gasteiger partial charge in [0.2, 0.25) is 5.91 Å². The number of hydrogen-bond acceptors (Lipinski definition) is 5. The largest absolute Gasteiger partial charge is 0.273 e. The standard InChI is InChI=1S/C16H16Cl2N4O3S/c1-10-12(8-19-20-16(23)11-6-7-26(24,25)9-11)15(18)22(21-10)14-5-3-2-4-13(14)17/h2-5,8,11H,6-7,9H2,1H3,(H,20,23)/b19-8-/t11-/m1/s1. The number of benzene rings is 1. The number of nitrogens with zero attached hydrogens (tertiary/aromatic N) is 3. The Labute approximate surface area is 160 Å². The molecule has 26 heavy (non-hydrogen) atoms. The first-order valence-electron chi connectivity index (χ1n) is 7.82. The molecule has 0 radical (unpaired) electrons. The number of aromatic nitrogens is 2. The van der Waals surface area contributed by atoms with Gasteiger partial charge in [-0.2, -0.15) is 10.2 Å². The molecule has 10 heteroatoms. The lowest BCUT2D eigenvalue weighted by atomic mass is 10.1. The van der Waals surface area contributed by atoms with Crippen LogP contribution < -0.4 is 5.43 Å². The maximum absolute atomic E-state index is 12.0. The van der Waals surface area contributed by atoms with Crippen molar-refractivity contribution in [1.29, 1.82) is 0 Å². The van der Waals surface area contributed by atoms with Crippen molar-refractivity contribution in [2.24, 2.45) is 11.0 Å². The molecule has 1 saturated heterocycles. The number of para-hydroxylation sites is 1. The number of halogens is 2. The summed E-state index contributed by atoms with van der Waals surface area (Å²) in [6.07, 6.45) is 1.70. The number of amides is 1. The third-order valence-electron chi connectivity index (χ3n) is 4.10. The predicted octanol–water partition coefficient (Wildman–Crippen LogP) is 2.37. The number of aryl methyl sites for hydroxylation is 1. The lowest BCUT2D eigenvalue weighted by Crippen LogP contribution is -2.27. The van der Waals surface area contributed by atoms with Crippen molar-refractivity contribution < 1.29 is 13.2 Å². The van der Waals surface area contributed by atoms with E-state index in [4.69, 9.17) is 23.2 Å². The molecule has 1 N–H and O–H groups in total. The fraction of sp³-hybridized carbons (Fsp3) is 0.312. The zero-order chi connectivity index (χ0) is 18.9. The molecule has 0 saturated carbocycles. The highest BCUT2D eigenvalue weighted by Gasteiger charge is 2.32. The van der Waals surface area contributed by atoms with E-state index in [0.29, 0.717) is 33.5 Å². The fourth-order valence-corrected chi connectivity index (χ4v) is 4.97. The number of rotatable bonds is 4. The molecule has 1 aliphatic rings. The highest BCUT2D eigenvalue weighted by molar-refractivity contribution is 7.91. The van der Waals surface area contributed by atoms with Crippen LogP contribution in [0.3, 0.4) is 0 Å². The Balaban J connectivity index is 1.75. The second-order valence-electron chi connectivity index (χ2n) is 5.99. The molecule has 3 rings (SSSR count). The number of hydrogen-bond donors (Lipinski definition) is 1. The van der Waals surface area contributed by atoms with E-state index in [9.17, 15) is 13.2 Å². The first-order chi connectivity index (χ1) is 12.3. The number of nitrogens with one attached hydrogen (secondary N) is 1. The summed E-state index contributed by atoms with van der Waals surface area (Å²) in [5.74, 6) is -1.10. The summed E-state index contributed by atoms with van der Waals surface area (Å²) in [6, 6.07) is 7.13. The average Bonchev–Trinajstić information content (AvgIpc) is 3.09. The fourth-order valence-electron chi connectivity index (χ4n) is 2.69. The Bertz CT molecular complexity index is 985. The number of carbonyl (C=O) groups is 1. The lowest BCUT2D eigenvalue weighted by Gasteiger charge is -2.05. The first kappa shape index (κ1) is 18.9. The van der Waals surface area contributed by atoms with Gasteiger partial charge in [-0.25, -0.2) is 18.5 Å². The Hall–Kier alpha value is -1.90. The molecular weight excluding hydrogens is 399 g/mol. The smallest absolute Gasteiger partial charge is 0.244 e. The Morgan fingerprint density at radius 1 is 1.38 bits per heavy atom. The zero-order valence-electron chi connectivity index (χ0n) is 13.8. The van der Waals surface area contributed by atoms with E-state index in [1.54, 1.807) is 25.1 Å². The first-order valence-corrected chi connectivity index (χ1v) is 10.4. The second-order valence-corrected chi connectivity index (χ2v) is 8.98. The minimum Gasteiger partial charge on any atom is -0.273 e. The average molecular weight is 415 g/mol. The van der Waals surface area contributed by atoms with Crippen LogP contribution in [-0.4, -0.2) is 41.8 Å². The molecule has 0 unspecified atom stereocenters. The molecule has 1 aromatic carbocycles. The Morgan fingerprint density at radius 2 is 2.12 bits per heavy atom. The molecule has 0 spiro atoms. The maximum atomic E-state index is 12.0. The molecule has 2 aromatic rings. The maximum Gasteiger partial charge on any atom is 0.244 e. The topological polar surface area (TPSA) is 93.4 Å². The Kier molecular flexibility index (Phi) is 5.36. The summed E-state index contributed by atoms with van der Waals surface area (Å²) in [5.41, 5.74) is 4.14. The molecule has 138 valence electrons. The molecule has 1 amide bonds. The van der Waals surface area contributed by atoms with Crippen molar-refractivity contribution in [3.8, 4) is 5.69 Å². The van der Waals surface area contributed by atoms with Gasteiger partial charge in [-0.1, -0.05) is 35.3 Å². The van der Waals surface area contributed by atoms with Gasteiger partial charge in [0.05, 0.1) is 45.6 Å². The van der Waals surface area contributed by atoms with Crippen LogP contribution >= 0.6 is 23.2 Å². The van der Waals surface area contributed by atoms with E-state index in [-0.39, 0.29) is 11.5 Å². The number of hydrazone groups is 1. The van der Waals surface area contributed by atoms with Crippen molar-refractivity contribution in [3.05, 3.63) is 45.7 Å². The van der Waals surface area contributed by atoms with E-state index in [1.165, 1.54) is 10.9 Å². The van der Waals surface area contributed by atoms with E-state index >= 15 is 0 Å². The van der Waals surface area contributed by atoms with Crippen LogP contribution in [-0.2, 0) is 14.6 Å². The minimum absolute atomic E-state index is 0.0321. The molecule has 1 fully saturated rings. The third kappa shape index (κ3) is 3.92. The highest BCUT2D eigenvalue weighted by atomic mass is 35.5. The summed E-state index contributed by atoms with van der Waals surface area (Å²) in [4.78, 5) is 12.0. The monoisotopic (exact) mass is 414 g/mol. The van der Waals surface area contributed by atoms with Crippen LogP contribution in [0.25, 0.3) is 5.69 Å². The van der Waals surface area contributed by atoms with E-state index in [1.807, 2.05) is 6.07 Å². The van der Waals surface area contributed by atoms with E-state index < -0.39 is 21.7 Å². The lowest BCUT2D eigenvalue weighted by molar-refractivity contribution is -0.124. The van der Waals surface area contributed by atoms with E-state index in [0.717, 1.165) is 0 Å². The zero-order valence-corrected chi connectivity index (χ0v) is 16.1. The van der Waals surface area contributed by atoms with Crippen LogP contribution in [0.4, 0.5) is 0 Å². The molecule has 7 nitrogen and oxygen atoms in total. The van der Waals surface area contributed by atoms with Gasteiger partial charge in [0.1, 0.15) is 5.15 Å². The van der Waals surface area contributed by atoms with Gasteiger partial charge < -0.3 is 0 Å². The van der Waals surface area contributed by atoms with Crippen molar-refractivity contribution in [2.75, 3.05) is 11.5 Å². The van der Waals surface area contributed by atoms with Crippen molar-refractivity contribution in [2.45, 2.75) is 13.3 Å². The normalized spacial score (nSPS) is 19.1. The van der Waals surface area contributed by atoms with Crippen molar-refractivity contribution in [3.63, 3.8) is 0 Å². The van der Waals surface area contributed by atoms with Gasteiger partial charge in [0.15, 0.2) is 9.84 Å². The molecule has 1 atom stereocenters. The summed E-state index contributed by atoms with van der Waals surface area (Å²) in [6.45, 7) is 1.76. The van der Waals surface area contributed by atoms with Crippen LogP contribution in [0.2, 0.25) is 10.2 Å². The molecular formula is C16H16Cl2N4O3S. The van der Waals surface area contributed by atoms with Crippen LogP contribution in [0.1, 0.15) is 17.7 Å². The minimum atomic E-state index is -3.12. The number of carbonyl (C=O) groups excluding carboxylic acids is 1. The predicted molar refractivity (Wildman–Crippen MR) is 101 cm³/mol. The van der Waals surface area contributed by atoms with Gasteiger partial charge in [-0.3, -0.25) is 4.79 Å². The molecule has 0 aliphatic carbocycles. The van der Waals surface area contributed by atoms with Gasteiger partial charge >= 0.3 is 0 Å². The summed E-state index contributed by atoms with van der Waals surface area (Å²) < 4.78 is 24.4. The van der Waals surface area contributed by atoms with Gasteiger partial charge in [0.25, 0.3) is 0 Å². The Morgan fingerprint density at radius 3 is 2.77 bits per heavy atom. The molecule has 2 heterocycles. The quantitative estimate of drug-likeness (QED) is 0.613. The van der Waals surface area contributed by atoms with Crippen LogP contribution in [0.5, 0.6) is 0 Å². The van der Waals surface area contributed by atoms with Gasteiger partial charge in [-0.05, 0) is 25.5 Å². The molecule has 1 aliphatic heterocycles. The van der Waals surface area contributed by atoms with Gasteiger partial charge in [-0.15, -0.1) is 0 Å². The third-order valence-corrected chi connectivity index (χ3v) is 6.55. The summed E-state index contributed by atoms with van der Waals surface area (Å²) >= 11 is 12.5. The van der Waals surface area contributed by atoms with Crippen LogP contribution in [0.15, 0.2) is 29.4 Å². The van der Waals surface area contributed by atoms with Crippen molar-refractivity contribution in [1.82, 2.24) is 15.2 Å². The highest BCUT2D eigenvalue weighted by Crippen LogP contribution is 2.26.